The van der Waals surface area contributed by atoms with Crippen LogP contribution in [-0.4, -0.2) is 48.4 Å². The van der Waals surface area contributed by atoms with Crippen molar-refractivity contribution in [3.05, 3.63) is 69.3 Å². The van der Waals surface area contributed by atoms with Gasteiger partial charge in [0.25, 0.3) is 11.6 Å². The number of esters is 1. The molecule has 1 aliphatic heterocycles. The third-order valence-corrected chi connectivity index (χ3v) is 5.40. The molecule has 0 saturated carbocycles. The summed E-state index contributed by atoms with van der Waals surface area (Å²) in [5, 5.41) is 11.6. The summed E-state index contributed by atoms with van der Waals surface area (Å²) in [5.74, 6) is -1.11. The number of ether oxygens (including phenoxy) is 1. The van der Waals surface area contributed by atoms with Gasteiger partial charge in [0.15, 0.2) is 6.61 Å². The molecule has 1 heterocycles. The van der Waals surface area contributed by atoms with Crippen LogP contribution in [0.25, 0.3) is 0 Å². The molecule has 0 unspecified atom stereocenters. The maximum atomic E-state index is 12.4. The Balaban J connectivity index is 1.61. The van der Waals surface area contributed by atoms with Gasteiger partial charge in [0.05, 0.1) is 10.5 Å². The fraction of sp³-hybridized carbons (Fsp3) is 0.391. The second-order valence-corrected chi connectivity index (χ2v) is 7.82. The van der Waals surface area contributed by atoms with Crippen molar-refractivity contribution in [2.75, 3.05) is 31.6 Å². The van der Waals surface area contributed by atoms with Crippen molar-refractivity contribution in [1.29, 1.82) is 0 Å². The number of nitro groups is 1. The highest BCUT2D eigenvalue weighted by atomic mass is 16.6. The Morgan fingerprint density at radius 3 is 2.42 bits per heavy atom. The number of anilines is 1. The quantitative estimate of drug-likeness (QED) is 0.381. The molecular formula is C23H27N3O5. The number of nitro benzene ring substituents is 1. The van der Waals surface area contributed by atoms with E-state index in [4.69, 9.17) is 4.74 Å². The first kappa shape index (κ1) is 22.3. The van der Waals surface area contributed by atoms with Gasteiger partial charge >= 0.3 is 5.97 Å². The zero-order valence-electron chi connectivity index (χ0n) is 17.9. The Morgan fingerprint density at radius 1 is 1.10 bits per heavy atom. The van der Waals surface area contributed by atoms with E-state index < -0.39 is 17.5 Å². The van der Waals surface area contributed by atoms with Crippen LogP contribution in [0.15, 0.2) is 42.5 Å². The van der Waals surface area contributed by atoms with E-state index in [-0.39, 0.29) is 17.2 Å². The van der Waals surface area contributed by atoms with Gasteiger partial charge in [0.2, 0.25) is 0 Å². The van der Waals surface area contributed by atoms with Crippen LogP contribution in [0.2, 0.25) is 0 Å². The number of hydrogen-bond donors (Lipinski definition) is 0. The second kappa shape index (κ2) is 10.1. The molecule has 164 valence electrons. The Hall–Kier alpha value is -3.42. The number of carbonyl (C=O) groups is 2. The predicted octanol–water partition coefficient (Wildman–Crippen LogP) is 3.71. The van der Waals surface area contributed by atoms with Crippen molar-refractivity contribution >= 4 is 23.3 Å². The molecule has 0 radical (unpaired) electrons. The van der Waals surface area contributed by atoms with Crippen LogP contribution >= 0.6 is 0 Å². The smallest absolute Gasteiger partial charge is 0.338 e. The Morgan fingerprint density at radius 2 is 1.77 bits per heavy atom. The van der Waals surface area contributed by atoms with Crippen LogP contribution in [0.4, 0.5) is 11.4 Å². The van der Waals surface area contributed by atoms with Crippen molar-refractivity contribution < 1.29 is 19.2 Å². The zero-order chi connectivity index (χ0) is 22.4. The summed E-state index contributed by atoms with van der Waals surface area (Å²) in [4.78, 5) is 39.2. The van der Waals surface area contributed by atoms with Crippen molar-refractivity contribution in [1.82, 2.24) is 4.90 Å². The van der Waals surface area contributed by atoms with Gasteiger partial charge in [0.1, 0.15) is 5.69 Å². The molecule has 0 bridgehead atoms. The third kappa shape index (κ3) is 5.81. The second-order valence-electron chi connectivity index (χ2n) is 7.82. The summed E-state index contributed by atoms with van der Waals surface area (Å²) in [5.41, 5.74) is 2.54. The summed E-state index contributed by atoms with van der Waals surface area (Å²) in [7, 11) is 1.63. The summed E-state index contributed by atoms with van der Waals surface area (Å²) in [6.07, 6.45) is 3.08. The number of amides is 1. The average Bonchev–Trinajstić information content (AvgIpc) is 2.78. The van der Waals surface area contributed by atoms with Crippen molar-refractivity contribution in [3.8, 4) is 0 Å². The van der Waals surface area contributed by atoms with Crippen LogP contribution in [0.3, 0.4) is 0 Å². The molecule has 8 heteroatoms. The number of rotatable bonds is 7. The van der Waals surface area contributed by atoms with Crippen molar-refractivity contribution in [2.24, 2.45) is 0 Å². The first-order valence-electron chi connectivity index (χ1n) is 10.3. The lowest BCUT2D eigenvalue weighted by Crippen LogP contribution is -2.31. The third-order valence-electron chi connectivity index (χ3n) is 5.40. The molecule has 8 nitrogen and oxygen atoms in total. The molecule has 2 aromatic carbocycles. The van der Waals surface area contributed by atoms with E-state index in [0.29, 0.717) is 12.2 Å². The van der Waals surface area contributed by atoms with Gasteiger partial charge in [-0.2, -0.15) is 0 Å². The Kier molecular flexibility index (Phi) is 7.23. The van der Waals surface area contributed by atoms with E-state index >= 15 is 0 Å². The lowest BCUT2D eigenvalue weighted by atomic mass is 10.1. The molecule has 3 rings (SSSR count). The molecule has 1 fully saturated rings. The monoisotopic (exact) mass is 425 g/mol. The lowest BCUT2D eigenvalue weighted by molar-refractivity contribution is -0.384. The summed E-state index contributed by atoms with van der Waals surface area (Å²) in [6, 6.07) is 12.1. The predicted molar refractivity (Wildman–Crippen MR) is 117 cm³/mol. The number of benzene rings is 2. The number of piperidine rings is 1. The minimum atomic E-state index is -0.759. The van der Waals surface area contributed by atoms with E-state index in [1.54, 1.807) is 13.1 Å². The maximum absolute atomic E-state index is 12.4. The highest BCUT2D eigenvalue weighted by molar-refractivity contribution is 5.93. The van der Waals surface area contributed by atoms with Crippen LogP contribution in [-0.2, 0) is 16.1 Å². The highest BCUT2D eigenvalue weighted by Crippen LogP contribution is 2.31. The van der Waals surface area contributed by atoms with Gasteiger partial charge in [-0.3, -0.25) is 14.9 Å². The number of aryl methyl sites for hydroxylation is 1. The lowest BCUT2D eigenvalue weighted by Gasteiger charge is -2.28. The van der Waals surface area contributed by atoms with Crippen LogP contribution in [0.1, 0.15) is 40.7 Å². The molecule has 0 spiro atoms. The van der Waals surface area contributed by atoms with Crippen molar-refractivity contribution in [3.63, 3.8) is 0 Å². The number of hydrogen-bond acceptors (Lipinski definition) is 6. The van der Waals surface area contributed by atoms with Gasteiger partial charge in [-0.05, 0) is 43.9 Å². The zero-order valence-corrected chi connectivity index (χ0v) is 17.9. The first-order chi connectivity index (χ1) is 14.8. The minimum absolute atomic E-state index is 0.0569. The topological polar surface area (TPSA) is 93.0 Å². The molecule has 0 atom stereocenters. The Labute approximate surface area is 181 Å². The molecule has 0 N–H and O–H groups in total. The Bertz CT molecular complexity index is 952. The van der Waals surface area contributed by atoms with E-state index in [1.165, 1.54) is 17.0 Å². The van der Waals surface area contributed by atoms with Gasteiger partial charge in [-0.25, -0.2) is 4.79 Å². The summed E-state index contributed by atoms with van der Waals surface area (Å²) in [6.45, 7) is 3.47. The van der Waals surface area contributed by atoms with E-state index in [0.717, 1.165) is 43.5 Å². The average molecular weight is 425 g/mol. The summed E-state index contributed by atoms with van der Waals surface area (Å²) < 4.78 is 5.12. The SMILES string of the molecule is Cc1ccc(CN(C)C(=O)COC(=O)c2ccc(N3CCCCC3)c([N+](=O)[O-])c2)cc1. The van der Waals surface area contributed by atoms with Crippen molar-refractivity contribution in [2.45, 2.75) is 32.7 Å². The van der Waals surface area contributed by atoms with Crippen LogP contribution in [0, 0.1) is 17.0 Å². The molecule has 0 aromatic heterocycles. The molecule has 1 saturated heterocycles. The standard InChI is InChI=1S/C23H27N3O5/c1-17-6-8-18(9-7-17)15-24(2)22(27)16-31-23(28)19-10-11-20(21(14-19)26(29)30)25-12-4-3-5-13-25/h6-11,14H,3-5,12-13,15-16H2,1-2H3. The maximum Gasteiger partial charge on any atom is 0.338 e. The minimum Gasteiger partial charge on any atom is -0.452 e. The molecule has 1 amide bonds. The normalized spacial score (nSPS) is 13.5. The number of nitrogens with zero attached hydrogens (tertiary/aromatic N) is 3. The fourth-order valence-corrected chi connectivity index (χ4v) is 3.58. The highest BCUT2D eigenvalue weighted by Gasteiger charge is 2.24. The summed E-state index contributed by atoms with van der Waals surface area (Å²) >= 11 is 0. The molecule has 1 aliphatic rings. The van der Waals surface area contributed by atoms with E-state index in [1.807, 2.05) is 36.1 Å². The largest absolute Gasteiger partial charge is 0.452 e. The molecule has 0 aliphatic carbocycles. The van der Waals surface area contributed by atoms with Gasteiger partial charge in [-0.15, -0.1) is 0 Å². The first-order valence-corrected chi connectivity index (χ1v) is 10.3. The van der Waals surface area contributed by atoms with E-state index in [9.17, 15) is 19.7 Å². The van der Waals surface area contributed by atoms with E-state index in [2.05, 4.69) is 0 Å². The molecular weight excluding hydrogens is 398 g/mol. The molecule has 2 aromatic rings. The fourth-order valence-electron chi connectivity index (χ4n) is 3.58. The number of likely N-dealkylation sites (N-methyl/N-ethyl adjacent to an activating group) is 1. The van der Waals surface area contributed by atoms with Crippen LogP contribution < -0.4 is 4.90 Å². The molecule has 31 heavy (non-hydrogen) atoms. The van der Waals surface area contributed by atoms with Gasteiger partial charge < -0.3 is 14.5 Å². The van der Waals surface area contributed by atoms with Gasteiger partial charge in [-0.1, -0.05) is 29.8 Å². The number of carbonyl (C=O) groups excluding carboxylic acids is 2. The van der Waals surface area contributed by atoms with Gasteiger partial charge in [0, 0.05) is 32.7 Å². The van der Waals surface area contributed by atoms with Crippen LogP contribution in [0.5, 0.6) is 0 Å².